The number of anilines is 3. The van der Waals surface area contributed by atoms with Gasteiger partial charge < -0.3 is 21.6 Å². The summed E-state index contributed by atoms with van der Waals surface area (Å²) in [5.74, 6) is 7.62. The first kappa shape index (κ1) is 17.8. The Labute approximate surface area is 156 Å². The van der Waals surface area contributed by atoms with Crippen LogP contribution in [0.1, 0.15) is 22.6 Å². The molecule has 2 amide bonds. The molecule has 0 atom stereocenters. The molecule has 0 saturated carbocycles. The van der Waals surface area contributed by atoms with E-state index in [0.717, 1.165) is 5.76 Å². The van der Waals surface area contributed by atoms with Gasteiger partial charge in [-0.3, -0.25) is 4.90 Å². The molecule has 0 fully saturated rings. The number of furan rings is 1. The lowest BCUT2D eigenvalue weighted by atomic mass is 10.1. The van der Waals surface area contributed by atoms with Crippen molar-refractivity contribution in [3.05, 3.63) is 65.4 Å². The Hall–Kier alpha value is -3.99. The molecule has 3 aromatic rings. The number of primary amides is 1. The predicted octanol–water partition coefficient (Wildman–Crippen LogP) is 2.03. The Morgan fingerprint density at radius 2 is 1.89 bits per heavy atom. The third kappa shape index (κ3) is 4.16. The quantitative estimate of drug-likeness (QED) is 0.610. The molecule has 1 aromatic carbocycles. The molecule has 3 rings (SSSR count). The molecule has 0 unspecified atom stereocenters. The van der Waals surface area contributed by atoms with Gasteiger partial charge in [-0.2, -0.15) is 0 Å². The first-order valence-corrected chi connectivity index (χ1v) is 8.04. The lowest BCUT2D eigenvalue weighted by Gasteiger charge is -2.19. The van der Waals surface area contributed by atoms with Crippen LogP contribution in [0.15, 0.2) is 47.1 Å². The van der Waals surface area contributed by atoms with Gasteiger partial charge in [-0.25, -0.2) is 14.8 Å². The number of carbonyl (C=O) groups excluding carboxylic acids is 1. The molecule has 0 bridgehead atoms. The van der Waals surface area contributed by atoms with Crippen LogP contribution in [-0.4, -0.2) is 16.0 Å². The van der Waals surface area contributed by atoms with E-state index >= 15 is 0 Å². The zero-order valence-corrected chi connectivity index (χ0v) is 14.6. The van der Waals surface area contributed by atoms with Crippen molar-refractivity contribution in [3.8, 4) is 11.8 Å². The highest BCUT2D eigenvalue weighted by molar-refractivity contribution is 5.90. The minimum Gasteiger partial charge on any atom is -0.464 e. The van der Waals surface area contributed by atoms with Crippen LogP contribution in [0, 0.1) is 18.8 Å². The Morgan fingerprint density at radius 3 is 2.52 bits per heavy atom. The second-order valence-corrected chi connectivity index (χ2v) is 5.76. The second-order valence-electron chi connectivity index (χ2n) is 5.76. The second kappa shape index (κ2) is 7.49. The number of hydrogen-bond donors (Lipinski definition) is 3. The van der Waals surface area contributed by atoms with E-state index in [2.05, 4.69) is 21.8 Å². The van der Waals surface area contributed by atoms with Crippen molar-refractivity contribution < 1.29 is 9.21 Å². The number of rotatable bonds is 3. The number of aryl methyl sites for hydroxylation is 1. The molecule has 2 heterocycles. The van der Waals surface area contributed by atoms with Crippen molar-refractivity contribution in [1.29, 1.82) is 0 Å². The molecular weight excluding hydrogens is 344 g/mol. The smallest absolute Gasteiger partial charge is 0.319 e. The van der Waals surface area contributed by atoms with E-state index in [1.807, 2.05) is 13.0 Å². The van der Waals surface area contributed by atoms with Gasteiger partial charge in [0, 0.05) is 11.3 Å². The van der Waals surface area contributed by atoms with E-state index in [1.165, 1.54) is 11.2 Å². The van der Waals surface area contributed by atoms with E-state index in [0.29, 0.717) is 22.6 Å². The number of nitrogens with two attached hydrogens (primary N) is 3. The fourth-order valence-corrected chi connectivity index (χ4v) is 2.45. The number of hydrogen-bond acceptors (Lipinski definition) is 6. The van der Waals surface area contributed by atoms with E-state index in [-0.39, 0.29) is 18.2 Å². The molecule has 0 aliphatic rings. The summed E-state index contributed by atoms with van der Waals surface area (Å²) in [6.45, 7) is 2.05. The number of benzene rings is 1. The molecule has 0 saturated heterocycles. The van der Waals surface area contributed by atoms with Crippen LogP contribution in [0.4, 0.5) is 22.1 Å². The number of amides is 2. The summed E-state index contributed by atoms with van der Waals surface area (Å²) in [7, 11) is 0. The number of carbonyl (C=O) groups is 1. The predicted molar refractivity (Wildman–Crippen MR) is 102 cm³/mol. The number of nitrogen functional groups attached to an aromatic ring is 2. The summed E-state index contributed by atoms with van der Waals surface area (Å²) in [6.07, 6.45) is 1.28. The van der Waals surface area contributed by atoms with Crippen molar-refractivity contribution in [2.45, 2.75) is 13.5 Å². The molecule has 6 N–H and O–H groups in total. The van der Waals surface area contributed by atoms with Crippen molar-refractivity contribution >= 4 is 23.4 Å². The lowest BCUT2D eigenvalue weighted by Crippen LogP contribution is -2.35. The summed E-state index contributed by atoms with van der Waals surface area (Å²) in [5, 5.41) is 0. The van der Waals surface area contributed by atoms with Gasteiger partial charge in [0.05, 0.1) is 6.54 Å². The molecular formula is C19H18N6O2. The van der Waals surface area contributed by atoms with Gasteiger partial charge in [0.15, 0.2) is 0 Å². The van der Waals surface area contributed by atoms with E-state index in [1.54, 1.807) is 30.3 Å². The number of urea groups is 1. The highest BCUT2D eigenvalue weighted by Gasteiger charge is 2.15. The van der Waals surface area contributed by atoms with Gasteiger partial charge in [-0.1, -0.05) is 17.9 Å². The topological polar surface area (TPSA) is 137 Å². The van der Waals surface area contributed by atoms with E-state index in [9.17, 15) is 4.79 Å². The van der Waals surface area contributed by atoms with Crippen molar-refractivity contribution in [3.63, 3.8) is 0 Å². The fourth-order valence-electron chi connectivity index (χ4n) is 2.45. The Kier molecular flexibility index (Phi) is 4.95. The highest BCUT2D eigenvalue weighted by Crippen LogP contribution is 2.20. The van der Waals surface area contributed by atoms with Gasteiger partial charge in [-0.05, 0) is 37.3 Å². The average Bonchev–Trinajstić information content (AvgIpc) is 3.04. The molecule has 2 aromatic heterocycles. The monoisotopic (exact) mass is 362 g/mol. The van der Waals surface area contributed by atoms with Gasteiger partial charge in [0.2, 0.25) is 0 Å². The van der Waals surface area contributed by atoms with Gasteiger partial charge in [0.1, 0.15) is 35.0 Å². The maximum atomic E-state index is 11.9. The maximum Gasteiger partial charge on any atom is 0.319 e. The molecule has 0 radical (unpaired) electrons. The average molecular weight is 362 g/mol. The summed E-state index contributed by atoms with van der Waals surface area (Å²) in [5.41, 5.74) is 18.7. The molecule has 136 valence electrons. The summed E-state index contributed by atoms with van der Waals surface area (Å²) in [4.78, 5) is 21.1. The van der Waals surface area contributed by atoms with Crippen LogP contribution in [-0.2, 0) is 6.54 Å². The van der Waals surface area contributed by atoms with Crippen LogP contribution in [0.25, 0.3) is 0 Å². The largest absolute Gasteiger partial charge is 0.464 e. The zero-order valence-electron chi connectivity index (χ0n) is 14.6. The maximum absolute atomic E-state index is 11.9. The lowest BCUT2D eigenvalue weighted by molar-refractivity contribution is 0.253. The normalized spacial score (nSPS) is 10.1. The molecule has 8 nitrogen and oxygen atoms in total. The number of nitrogens with zero attached hydrogens (tertiary/aromatic N) is 3. The van der Waals surface area contributed by atoms with E-state index < -0.39 is 6.03 Å². The summed E-state index contributed by atoms with van der Waals surface area (Å²) in [6, 6.07) is 10.1. The summed E-state index contributed by atoms with van der Waals surface area (Å²) < 4.78 is 5.53. The highest BCUT2D eigenvalue weighted by atomic mass is 16.3. The van der Waals surface area contributed by atoms with Crippen LogP contribution in [0.5, 0.6) is 0 Å². The van der Waals surface area contributed by atoms with Gasteiger partial charge in [-0.15, -0.1) is 0 Å². The fraction of sp³-hybridized carbons (Fsp3) is 0.105. The van der Waals surface area contributed by atoms with Gasteiger partial charge in [0.25, 0.3) is 0 Å². The number of aromatic nitrogens is 2. The van der Waals surface area contributed by atoms with Crippen molar-refractivity contribution in [1.82, 2.24) is 9.97 Å². The van der Waals surface area contributed by atoms with Gasteiger partial charge >= 0.3 is 6.03 Å². The standard InChI is InChI=1S/C19H18N6O2/c1-12-5-7-15(27-12)10-25(19(22)26)14-4-2-3-13(9-14)6-8-16-17(20)23-11-24-18(16)21/h2-5,7,9,11H,10H2,1H3,(H2,22,26)(H4,20,21,23,24). The van der Waals surface area contributed by atoms with Crippen LogP contribution in [0.3, 0.4) is 0 Å². The third-order valence-electron chi connectivity index (χ3n) is 3.77. The first-order valence-electron chi connectivity index (χ1n) is 8.04. The van der Waals surface area contributed by atoms with Crippen LogP contribution >= 0.6 is 0 Å². The Morgan fingerprint density at radius 1 is 1.15 bits per heavy atom. The molecule has 27 heavy (non-hydrogen) atoms. The van der Waals surface area contributed by atoms with Crippen molar-refractivity contribution in [2.24, 2.45) is 5.73 Å². The minimum absolute atomic E-state index is 0.207. The third-order valence-corrected chi connectivity index (χ3v) is 3.77. The molecule has 8 heteroatoms. The van der Waals surface area contributed by atoms with Crippen LogP contribution < -0.4 is 22.1 Å². The molecule has 0 aliphatic heterocycles. The van der Waals surface area contributed by atoms with Crippen molar-refractivity contribution in [2.75, 3.05) is 16.4 Å². The molecule has 0 spiro atoms. The Bertz CT molecular complexity index is 1030. The first-order chi connectivity index (χ1) is 12.9. The Balaban J connectivity index is 1.90. The molecule has 0 aliphatic carbocycles. The SMILES string of the molecule is Cc1ccc(CN(C(N)=O)c2cccc(C#Cc3c(N)ncnc3N)c2)o1. The van der Waals surface area contributed by atoms with Crippen LogP contribution in [0.2, 0.25) is 0 Å². The van der Waals surface area contributed by atoms with E-state index in [4.69, 9.17) is 21.6 Å². The zero-order chi connectivity index (χ0) is 19.4. The summed E-state index contributed by atoms with van der Waals surface area (Å²) >= 11 is 0. The minimum atomic E-state index is -0.598.